The minimum atomic E-state index is 0.304. The van der Waals surface area contributed by atoms with E-state index in [1.165, 1.54) is 18.5 Å². The average molecular weight is 334 g/mol. The number of rotatable bonds is 4. The molecule has 0 aromatic heterocycles. The molecule has 5 heteroatoms. The van der Waals surface area contributed by atoms with Crippen LogP contribution in [0.2, 0.25) is 0 Å². The monoisotopic (exact) mass is 333 g/mol. The lowest BCUT2D eigenvalue weighted by Gasteiger charge is -2.32. The SMILES string of the molecule is CC1CCN(c2ccc(NC(=S)NC[C@@H]3CCCO3)cc2)CC1. The van der Waals surface area contributed by atoms with Crippen LogP contribution < -0.4 is 15.5 Å². The molecule has 0 radical (unpaired) electrons. The van der Waals surface area contributed by atoms with Crippen molar-refractivity contribution in [2.45, 2.75) is 38.7 Å². The van der Waals surface area contributed by atoms with Crippen molar-refractivity contribution in [3.8, 4) is 0 Å². The second kappa shape index (κ2) is 7.97. The highest BCUT2D eigenvalue weighted by Crippen LogP contribution is 2.24. The summed E-state index contributed by atoms with van der Waals surface area (Å²) in [6.45, 7) is 6.33. The van der Waals surface area contributed by atoms with Crippen LogP contribution in [0.5, 0.6) is 0 Å². The molecule has 0 spiro atoms. The van der Waals surface area contributed by atoms with E-state index >= 15 is 0 Å². The number of ether oxygens (including phenoxy) is 1. The first-order chi connectivity index (χ1) is 11.2. The largest absolute Gasteiger partial charge is 0.376 e. The number of piperidine rings is 1. The lowest BCUT2D eigenvalue weighted by atomic mass is 9.99. The van der Waals surface area contributed by atoms with Gasteiger partial charge in [-0.05, 0) is 68.1 Å². The molecule has 0 amide bonds. The van der Waals surface area contributed by atoms with E-state index < -0.39 is 0 Å². The average Bonchev–Trinajstić information content (AvgIpc) is 3.08. The Balaban J connectivity index is 1.46. The molecule has 2 heterocycles. The van der Waals surface area contributed by atoms with Crippen LogP contribution >= 0.6 is 12.2 Å². The van der Waals surface area contributed by atoms with E-state index in [0.29, 0.717) is 11.2 Å². The number of anilines is 2. The first-order valence-corrected chi connectivity index (χ1v) is 9.13. The Morgan fingerprint density at radius 2 is 1.96 bits per heavy atom. The molecule has 1 atom stereocenters. The fourth-order valence-electron chi connectivity index (χ4n) is 3.21. The zero-order valence-electron chi connectivity index (χ0n) is 13.9. The van der Waals surface area contributed by atoms with Crippen molar-refractivity contribution in [1.82, 2.24) is 5.32 Å². The smallest absolute Gasteiger partial charge is 0.170 e. The van der Waals surface area contributed by atoms with Gasteiger partial charge in [0.2, 0.25) is 0 Å². The molecule has 23 heavy (non-hydrogen) atoms. The minimum Gasteiger partial charge on any atom is -0.376 e. The Morgan fingerprint density at radius 1 is 1.22 bits per heavy atom. The molecule has 2 N–H and O–H groups in total. The molecule has 0 aliphatic carbocycles. The molecular weight excluding hydrogens is 306 g/mol. The predicted molar refractivity (Wildman–Crippen MR) is 100 cm³/mol. The van der Waals surface area contributed by atoms with E-state index in [2.05, 4.69) is 46.7 Å². The van der Waals surface area contributed by atoms with E-state index in [-0.39, 0.29) is 0 Å². The number of benzene rings is 1. The first-order valence-electron chi connectivity index (χ1n) is 8.72. The van der Waals surface area contributed by atoms with E-state index in [1.54, 1.807) is 0 Å². The number of hydrogen-bond acceptors (Lipinski definition) is 3. The van der Waals surface area contributed by atoms with E-state index in [9.17, 15) is 0 Å². The molecule has 2 aliphatic heterocycles. The van der Waals surface area contributed by atoms with Gasteiger partial charge in [0.05, 0.1) is 6.10 Å². The van der Waals surface area contributed by atoms with E-state index in [4.69, 9.17) is 17.0 Å². The Labute approximate surface area is 144 Å². The van der Waals surface area contributed by atoms with Gasteiger partial charge in [-0.15, -0.1) is 0 Å². The van der Waals surface area contributed by atoms with Crippen LogP contribution in [0.4, 0.5) is 11.4 Å². The highest BCUT2D eigenvalue weighted by atomic mass is 32.1. The van der Waals surface area contributed by atoms with E-state index in [0.717, 1.165) is 50.7 Å². The zero-order valence-corrected chi connectivity index (χ0v) is 14.7. The number of hydrogen-bond donors (Lipinski definition) is 2. The van der Waals surface area contributed by atoms with Crippen molar-refractivity contribution >= 4 is 28.7 Å². The molecule has 1 aromatic carbocycles. The Kier molecular flexibility index (Phi) is 5.73. The first kappa shape index (κ1) is 16.5. The molecule has 0 saturated carbocycles. The maximum absolute atomic E-state index is 5.59. The quantitative estimate of drug-likeness (QED) is 0.826. The maximum Gasteiger partial charge on any atom is 0.170 e. The molecule has 126 valence electrons. The normalized spacial score (nSPS) is 22.1. The second-order valence-corrected chi connectivity index (χ2v) is 7.09. The molecule has 4 nitrogen and oxygen atoms in total. The molecule has 1 aromatic rings. The van der Waals surface area contributed by atoms with Gasteiger partial charge < -0.3 is 20.3 Å². The Hall–Kier alpha value is -1.33. The third-order valence-corrected chi connectivity index (χ3v) is 5.03. The number of nitrogens with one attached hydrogen (secondary N) is 2. The summed E-state index contributed by atoms with van der Waals surface area (Å²) in [6, 6.07) is 8.57. The molecule has 2 aliphatic rings. The van der Waals surface area contributed by atoms with Crippen molar-refractivity contribution in [1.29, 1.82) is 0 Å². The van der Waals surface area contributed by atoms with Crippen molar-refractivity contribution in [3.05, 3.63) is 24.3 Å². The summed E-state index contributed by atoms with van der Waals surface area (Å²) in [5.41, 5.74) is 2.34. The van der Waals surface area contributed by atoms with Crippen LogP contribution in [0.15, 0.2) is 24.3 Å². The molecule has 2 fully saturated rings. The highest BCUT2D eigenvalue weighted by molar-refractivity contribution is 7.80. The fourth-order valence-corrected chi connectivity index (χ4v) is 3.41. The molecule has 2 saturated heterocycles. The van der Waals surface area contributed by atoms with Gasteiger partial charge in [0.1, 0.15) is 0 Å². The zero-order chi connectivity index (χ0) is 16.1. The van der Waals surface area contributed by atoms with Crippen LogP contribution in [0, 0.1) is 5.92 Å². The lowest BCUT2D eigenvalue weighted by molar-refractivity contribution is 0.114. The minimum absolute atomic E-state index is 0.304. The molecule has 3 rings (SSSR count). The summed E-state index contributed by atoms with van der Waals surface area (Å²) in [5.74, 6) is 0.861. The predicted octanol–water partition coefficient (Wildman–Crippen LogP) is 3.39. The van der Waals surface area contributed by atoms with Crippen LogP contribution in [0.25, 0.3) is 0 Å². The number of thiocarbonyl (C=S) groups is 1. The van der Waals surface area contributed by atoms with Crippen molar-refractivity contribution in [2.24, 2.45) is 5.92 Å². The summed E-state index contributed by atoms with van der Waals surface area (Å²) in [4.78, 5) is 2.47. The topological polar surface area (TPSA) is 36.5 Å². The van der Waals surface area contributed by atoms with Gasteiger partial charge in [-0.2, -0.15) is 0 Å². The van der Waals surface area contributed by atoms with Gasteiger partial charge in [0, 0.05) is 37.6 Å². The molecular formula is C18H27N3OS. The van der Waals surface area contributed by atoms with Gasteiger partial charge in [0.15, 0.2) is 5.11 Å². The third kappa shape index (κ3) is 4.82. The summed E-state index contributed by atoms with van der Waals surface area (Å²) in [5, 5.41) is 7.16. The summed E-state index contributed by atoms with van der Waals surface area (Å²) < 4.78 is 5.59. The molecule has 0 unspecified atom stereocenters. The Morgan fingerprint density at radius 3 is 2.61 bits per heavy atom. The standard InChI is InChI=1S/C18H27N3OS/c1-14-8-10-21(11-9-14)16-6-4-15(5-7-16)20-18(23)19-13-17-3-2-12-22-17/h4-7,14,17H,2-3,8-13H2,1H3,(H2,19,20,23)/t17-/m0/s1. The maximum atomic E-state index is 5.59. The van der Waals surface area contributed by atoms with E-state index in [1.807, 2.05) is 0 Å². The van der Waals surface area contributed by atoms with Gasteiger partial charge >= 0.3 is 0 Å². The highest BCUT2D eigenvalue weighted by Gasteiger charge is 2.16. The van der Waals surface area contributed by atoms with Crippen LogP contribution in [-0.2, 0) is 4.74 Å². The van der Waals surface area contributed by atoms with Gasteiger partial charge in [0.25, 0.3) is 0 Å². The second-order valence-electron chi connectivity index (χ2n) is 6.69. The third-order valence-electron chi connectivity index (χ3n) is 4.79. The van der Waals surface area contributed by atoms with Crippen LogP contribution in [-0.4, -0.2) is 37.5 Å². The number of nitrogens with zero attached hydrogens (tertiary/aromatic N) is 1. The van der Waals surface area contributed by atoms with Gasteiger partial charge in [-0.3, -0.25) is 0 Å². The summed E-state index contributed by atoms with van der Waals surface area (Å²) in [6.07, 6.45) is 5.16. The van der Waals surface area contributed by atoms with Gasteiger partial charge in [-0.1, -0.05) is 6.92 Å². The van der Waals surface area contributed by atoms with Gasteiger partial charge in [-0.25, -0.2) is 0 Å². The van der Waals surface area contributed by atoms with Crippen LogP contribution in [0.1, 0.15) is 32.6 Å². The fraction of sp³-hybridized carbons (Fsp3) is 0.611. The van der Waals surface area contributed by atoms with Crippen molar-refractivity contribution in [3.63, 3.8) is 0 Å². The van der Waals surface area contributed by atoms with Crippen molar-refractivity contribution < 1.29 is 4.74 Å². The summed E-state index contributed by atoms with van der Waals surface area (Å²) in [7, 11) is 0. The lowest BCUT2D eigenvalue weighted by Crippen LogP contribution is -2.35. The Bertz CT molecular complexity index is 506. The summed E-state index contributed by atoms with van der Waals surface area (Å²) >= 11 is 5.35. The molecule has 0 bridgehead atoms. The van der Waals surface area contributed by atoms with Crippen LogP contribution in [0.3, 0.4) is 0 Å². The van der Waals surface area contributed by atoms with Crippen molar-refractivity contribution in [2.75, 3.05) is 36.5 Å².